The summed E-state index contributed by atoms with van der Waals surface area (Å²) in [5.74, 6) is 0.770. The number of hydrogen-bond acceptors (Lipinski definition) is 5. The molecule has 0 aromatic heterocycles. The summed E-state index contributed by atoms with van der Waals surface area (Å²) in [5, 5.41) is 7.18. The van der Waals surface area contributed by atoms with Crippen molar-refractivity contribution in [3.63, 3.8) is 0 Å². The van der Waals surface area contributed by atoms with Crippen molar-refractivity contribution in [2.24, 2.45) is 5.10 Å². The van der Waals surface area contributed by atoms with Crippen molar-refractivity contribution in [1.82, 2.24) is 14.8 Å². The van der Waals surface area contributed by atoms with Crippen molar-refractivity contribution in [3.05, 3.63) is 101 Å². The first-order valence-electron chi connectivity index (χ1n) is 12.4. The number of benzene rings is 3. The standard InChI is InChI=1S/C29H31ClN4O2/c1-36-28-10-6-5-9-25(28)26-19-27(23-11-13-24(30)14-12-23)34(31-26)29(35)21-33-17-15-32(16-18-33)20-22-7-3-2-4-8-22/h2-14,27H,15-21H2,1H3. The van der Waals surface area contributed by atoms with E-state index < -0.39 is 0 Å². The topological polar surface area (TPSA) is 48.4 Å². The van der Waals surface area contributed by atoms with Gasteiger partial charge in [-0.3, -0.25) is 14.6 Å². The highest BCUT2D eigenvalue weighted by Gasteiger charge is 2.35. The molecule has 2 heterocycles. The summed E-state index contributed by atoms with van der Waals surface area (Å²) < 4.78 is 5.57. The second-order valence-electron chi connectivity index (χ2n) is 9.29. The predicted octanol–water partition coefficient (Wildman–Crippen LogP) is 4.84. The van der Waals surface area contributed by atoms with Crippen LogP contribution in [0.3, 0.4) is 0 Å². The van der Waals surface area contributed by atoms with Crippen LogP contribution in [0.1, 0.15) is 29.2 Å². The molecule has 1 amide bonds. The third-order valence-corrected chi connectivity index (χ3v) is 7.16. The molecule has 0 spiro atoms. The number of amides is 1. The third-order valence-electron chi connectivity index (χ3n) is 6.91. The highest BCUT2D eigenvalue weighted by atomic mass is 35.5. The summed E-state index contributed by atoms with van der Waals surface area (Å²) in [4.78, 5) is 18.3. The summed E-state index contributed by atoms with van der Waals surface area (Å²) in [7, 11) is 1.66. The van der Waals surface area contributed by atoms with Gasteiger partial charge in [0.15, 0.2) is 0 Å². The second-order valence-corrected chi connectivity index (χ2v) is 9.73. The van der Waals surface area contributed by atoms with E-state index in [9.17, 15) is 4.79 Å². The Balaban J connectivity index is 1.29. The van der Waals surface area contributed by atoms with Crippen LogP contribution in [-0.2, 0) is 11.3 Å². The Morgan fingerprint density at radius 1 is 0.917 bits per heavy atom. The first kappa shape index (κ1) is 24.5. The number of hydrogen-bond donors (Lipinski definition) is 0. The fourth-order valence-corrected chi connectivity index (χ4v) is 5.07. The van der Waals surface area contributed by atoms with E-state index in [2.05, 4.69) is 34.1 Å². The maximum Gasteiger partial charge on any atom is 0.257 e. The molecule has 1 saturated heterocycles. The van der Waals surface area contributed by atoms with Crippen LogP contribution >= 0.6 is 11.6 Å². The molecule has 3 aromatic carbocycles. The monoisotopic (exact) mass is 502 g/mol. The van der Waals surface area contributed by atoms with E-state index in [0.29, 0.717) is 18.0 Å². The highest BCUT2D eigenvalue weighted by molar-refractivity contribution is 6.30. The van der Waals surface area contributed by atoms with Gasteiger partial charge >= 0.3 is 0 Å². The molecule has 186 valence electrons. The lowest BCUT2D eigenvalue weighted by atomic mass is 9.98. The zero-order valence-electron chi connectivity index (χ0n) is 20.5. The predicted molar refractivity (Wildman–Crippen MR) is 143 cm³/mol. The van der Waals surface area contributed by atoms with Crippen LogP contribution in [-0.4, -0.2) is 66.3 Å². The van der Waals surface area contributed by atoms with E-state index in [4.69, 9.17) is 21.4 Å². The maximum atomic E-state index is 13.6. The summed E-state index contributed by atoms with van der Waals surface area (Å²) >= 11 is 6.14. The van der Waals surface area contributed by atoms with Crippen molar-refractivity contribution in [1.29, 1.82) is 0 Å². The Bertz CT molecular complexity index is 1210. The molecule has 1 unspecified atom stereocenters. The zero-order valence-corrected chi connectivity index (χ0v) is 21.3. The molecule has 0 radical (unpaired) electrons. The van der Waals surface area contributed by atoms with Crippen LogP contribution in [0, 0.1) is 0 Å². The Kier molecular flexibility index (Phi) is 7.66. The summed E-state index contributed by atoms with van der Waals surface area (Å²) in [6.45, 7) is 4.91. The quantitative estimate of drug-likeness (QED) is 0.463. The maximum absolute atomic E-state index is 13.6. The molecule has 0 N–H and O–H groups in total. The van der Waals surface area contributed by atoms with E-state index in [0.717, 1.165) is 55.3 Å². The van der Waals surface area contributed by atoms with Crippen LogP contribution in [0.25, 0.3) is 0 Å². The van der Waals surface area contributed by atoms with Gasteiger partial charge in [0.2, 0.25) is 0 Å². The second kappa shape index (κ2) is 11.2. The number of nitrogens with zero attached hydrogens (tertiary/aromatic N) is 4. The van der Waals surface area contributed by atoms with Crippen molar-refractivity contribution < 1.29 is 9.53 Å². The molecule has 0 aliphatic carbocycles. The number of rotatable bonds is 7. The van der Waals surface area contributed by atoms with Gasteiger partial charge in [0, 0.05) is 49.7 Å². The van der Waals surface area contributed by atoms with Gasteiger partial charge in [-0.15, -0.1) is 0 Å². The lowest BCUT2D eigenvalue weighted by Gasteiger charge is -2.35. The number of carbonyl (C=O) groups excluding carboxylic acids is 1. The van der Waals surface area contributed by atoms with Crippen LogP contribution in [0.4, 0.5) is 0 Å². The Morgan fingerprint density at radius 3 is 2.31 bits per heavy atom. The van der Waals surface area contributed by atoms with E-state index >= 15 is 0 Å². The highest BCUT2D eigenvalue weighted by Crippen LogP contribution is 2.35. The summed E-state index contributed by atoms with van der Waals surface area (Å²) in [5.41, 5.74) is 4.12. The van der Waals surface area contributed by atoms with Crippen LogP contribution in [0.5, 0.6) is 5.75 Å². The molecule has 2 aliphatic rings. The lowest BCUT2D eigenvalue weighted by Crippen LogP contribution is -2.49. The Labute approximate surface area is 217 Å². The molecule has 1 fully saturated rings. The first-order chi connectivity index (χ1) is 17.6. The van der Waals surface area contributed by atoms with Crippen molar-refractivity contribution in [2.75, 3.05) is 39.8 Å². The van der Waals surface area contributed by atoms with Crippen LogP contribution < -0.4 is 4.74 Å². The minimum absolute atomic E-state index is 0.0105. The molecule has 5 rings (SSSR count). The molecule has 7 heteroatoms. The average Bonchev–Trinajstić information content (AvgIpc) is 3.36. The Morgan fingerprint density at radius 2 is 1.58 bits per heavy atom. The molecular formula is C29H31ClN4O2. The molecule has 0 saturated carbocycles. The summed E-state index contributed by atoms with van der Waals surface area (Å²) in [6, 6.07) is 25.9. The fourth-order valence-electron chi connectivity index (χ4n) is 4.94. The SMILES string of the molecule is COc1ccccc1C1=NN(C(=O)CN2CCN(Cc3ccccc3)CC2)C(c2ccc(Cl)cc2)C1. The minimum atomic E-state index is -0.172. The van der Waals surface area contributed by atoms with Crippen molar-refractivity contribution in [2.45, 2.75) is 19.0 Å². The van der Waals surface area contributed by atoms with Crippen molar-refractivity contribution >= 4 is 23.2 Å². The molecule has 36 heavy (non-hydrogen) atoms. The van der Waals surface area contributed by atoms with Crippen LogP contribution in [0.2, 0.25) is 5.02 Å². The number of ether oxygens (including phenoxy) is 1. The van der Waals surface area contributed by atoms with Gasteiger partial charge in [0.1, 0.15) is 5.75 Å². The number of hydrazone groups is 1. The van der Waals surface area contributed by atoms with Gasteiger partial charge in [0.05, 0.1) is 25.4 Å². The van der Waals surface area contributed by atoms with Gasteiger partial charge in [-0.25, -0.2) is 5.01 Å². The van der Waals surface area contributed by atoms with E-state index in [-0.39, 0.29) is 11.9 Å². The smallest absolute Gasteiger partial charge is 0.257 e. The molecule has 1 atom stereocenters. The van der Waals surface area contributed by atoms with Gasteiger partial charge in [-0.2, -0.15) is 5.10 Å². The number of piperazine rings is 1. The van der Waals surface area contributed by atoms with E-state index in [1.54, 1.807) is 12.1 Å². The van der Waals surface area contributed by atoms with Crippen LogP contribution in [0.15, 0.2) is 84.0 Å². The van der Waals surface area contributed by atoms with Gasteiger partial charge < -0.3 is 4.74 Å². The first-order valence-corrected chi connectivity index (χ1v) is 12.8. The van der Waals surface area contributed by atoms with Crippen molar-refractivity contribution in [3.8, 4) is 5.75 Å². The molecular weight excluding hydrogens is 472 g/mol. The molecule has 3 aromatic rings. The van der Waals surface area contributed by atoms with Gasteiger partial charge in [-0.1, -0.05) is 66.2 Å². The summed E-state index contributed by atoms with van der Waals surface area (Å²) in [6.07, 6.45) is 0.624. The molecule has 2 aliphatic heterocycles. The normalized spacial score (nSPS) is 18.8. The van der Waals surface area contributed by atoms with E-state index in [1.807, 2.05) is 54.6 Å². The minimum Gasteiger partial charge on any atom is -0.496 e. The number of halogens is 1. The van der Waals surface area contributed by atoms with Gasteiger partial charge in [0.25, 0.3) is 5.91 Å². The lowest BCUT2D eigenvalue weighted by molar-refractivity contribution is -0.134. The number of carbonyl (C=O) groups is 1. The fraction of sp³-hybridized carbons (Fsp3) is 0.310. The average molecular weight is 503 g/mol. The molecule has 6 nitrogen and oxygen atoms in total. The number of methoxy groups -OCH3 is 1. The van der Waals surface area contributed by atoms with Gasteiger partial charge in [-0.05, 0) is 35.4 Å². The number of para-hydroxylation sites is 1. The molecule has 0 bridgehead atoms. The third kappa shape index (κ3) is 5.62. The Hall–Kier alpha value is -3.19. The van der Waals surface area contributed by atoms with E-state index in [1.165, 1.54) is 5.56 Å². The zero-order chi connectivity index (χ0) is 24.9. The largest absolute Gasteiger partial charge is 0.496 e.